The summed E-state index contributed by atoms with van der Waals surface area (Å²) in [6.45, 7) is 15.7. The van der Waals surface area contributed by atoms with Crippen LogP contribution in [0.25, 0.3) is 0 Å². The molecule has 0 N–H and O–H groups in total. The van der Waals surface area contributed by atoms with E-state index < -0.39 is 23.9 Å². The van der Waals surface area contributed by atoms with Gasteiger partial charge in [-0.25, -0.2) is 19.2 Å². The molecule has 0 aromatic heterocycles. The lowest BCUT2D eigenvalue weighted by Gasteiger charge is -2.15. The van der Waals surface area contributed by atoms with E-state index in [1.54, 1.807) is 42.5 Å². The largest absolute Gasteiger partial charge is 0.422 e. The Kier molecular flexibility index (Phi) is 24.0. The van der Waals surface area contributed by atoms with Crippen LogP contribution in [-0.2, 0) is 43.6 Å². The van der Waals surface area contributed by atoms with Gasteiger partial charge in [-0.1, -0.05) is 152 Å². The second-order valence-electron chi connectivity index (χ2n) is 26.0. The Balaban J connectivity index is 0.000000190. The molecule has 0 aliphatic heterocycles. The SMILES string of the molecule is Cc1cc([S+](c2ccccc2)c2ccccc2)cc(C)c1OC(=O)c1ccc(C(=O)Oc2c(C)cc([S+](c3ccccc3)c3ccccc3)cc2C)cc1.Cc1cc([S+](c2ccccc2)c2ccccc2)cc(C)c1OC(=O)c1cccc(C(=O)Oc2c(C)cc([S+](c3ccccc3)c3ccccc3)cc2C)c1. The summed E-state index contributed by atoms with van der Waals surface area (Å²) in [4.78, 5) is 68.2. The highest BCUT2D eigenvalue weighted by Crippen LogP contribution is 2.41. The highest BCUT2D eigenvalue weighted by Gasteiger charge is 2.35. The number of rotatable bonds is 20. The molecule has 532 valence electrons. The van der Waals surface area contributed by atoms with Gasteiger partial charge in [0.1, 0.15) is 23.0 Å². The third-order valence-electron chi connectivity index (χ3n) is 18.0. The monoisotopic (exact) mass is 1490 g/mol. The average Bonchev–Trinajstić information content (AvgIpc) is 0.805. The first-order valence-corrected chi connectivity index (χ1v) is 40.3. The van der Waals surface area contributed by atoms with Crippen LogP contribution in [0.5, 0.6) is 23.0 Å². The maximum absolute atomic E-state index is 13.6. The van der Waals surface area contributed by atoms with E-state index in [0.717, 1.165) is 64.1 Å². The number of benzene rings is 14. The number of carbonyl (C=O) groups is 4. The van der Waals surface area contributed by atoms with E-state index in [4.69, 9.17) is 18.9 Å². The van der Waals surface area contributed by atoms with Gasteiger partial charge in [-0.05, 0) is 239 Å². The normalized spacial score (nSPS) is 11.1. The molecule has 0 saturated heterocycles. The second-order valence-corrected chi connectivity index (χ2v) is 34.1. The lowest BCUT2D eigenvalue weighted by atomic mass is 10.1. The van der Waals surface area contributed by atoms with Gasteiger partial charge in [0, 0.05) is 48.5 Å². The summed E-state index contributed by atoms with van der Waals surface area (Å²) in [7, 11) is -1.31. The van der Waals surface area contributed by atoms with Crippen molar-refractivity contribution >= 4 is 67.5 Å². The molecular weight excluding hydrogens is 1410 g/mol. The maximum atomic E-state index is 13.6. The first kappa shape index (κ1) is 74.6. The molecule has 108 heavy (non-hydrogen) atoms. The van der Waals surface area contributed by atoms with Gasteiger partial charge < -0.3 is 18.9 Å². The fourth-order valence-corrected chi connectivity index (χ4v) is 22.0. The summed E-state index contributed by atoms with van der Waals surface area (Å²) in [6, 6.07) is 113. The number of hydrogen-bond donors (Lipinski definition) is 0. The molecule has 0 atom stereocenters. The molecule has 0 radical (unpaired) electrons. The molecular formula is C96H80O8S4+4. The van der Waals surface area contributed by atoms with E-state index in [1.807, 2.05) is 104 Å². The molecule has 12 heteroatoms. The number of carbonyl (C=O) groups excluding carboxylic acids is 4. The summed E-state index contributed by atoms with van der Waals surface area (Å²) in [5.41, 5.74) is 8.13. The molecule has 14 aromatic carbocycles. The quantitative estimate of drug-likeness (QED) is 0.0422. The molecule has 0 aliphatic carbocycles. The summed E-state index contributed by atoms with van der Waals surface area (Å²) in [5, 5.41) is 0. The minimum Gasteiger partial charge on any atom is -0.422 e. The van der Waals surface area contributed by atoms with Crippen LogP contribution in [0.3, 0.4) is 0 Å². The molecule has 0 unspecified atom stereocenters. The zero-order chi connectivity index (χ0) is 75.2. The number of aryl methyl sites for hydroxylation is 8. The van der Waals surface area contributed by atoms with Gasteiger partial charge in [-0.3, -0.25) is 0 Å². The third kappa shape index (κ3) is 17.6. The van der Waals surface area contributed by atoms with Crippen molar-refractivity contribution in [2.45, 2.75) is 114 Å². The van der Waals surface area contributed by atoms with Crippen molar-refractivity contribution < 1.29 is 38.1 Å². The molecule has 8 nitrogen and oxygen atoms in total. The van der Waals surface area contributed by atoms with Gasteiger partial charge in [0.25, 0.3) is 0 Å². The van der Waals surface area contributed by atoms with E-state index in [1.165, 1.54) is 45.2 Å². The van der Waals surface area contributed by atoms with E-state index in [9.17, 15) is 19.2 Å². The van der Waals surface area contributed by atoms with Crippen LogP contribution in [0.15, 0.2) is 398 Å². The van der Waals surface area contributed by atoms with Gasteiger partial charge in [-0.15, -0.1) is 0 Å². The summed E-state index contributed by atoms with van der Waals surface area (Å²) in [5.74, 6) is 0.0263. The van der Waals surface area contributed by atoms with Gasteiger partial charge in [-0.2, -0.15) is 0 Å². The average molecular weight is 1490 g/mol. The standard InChI is InChI=1S/2C48H40O4S2/c1-33-28-43(53(39-20-9-5-10-21-39)40-22-11-6-12-23-40)29-34(2)45(33)51-47(49)37-18-17-19-38(32-37)48(50)52-46-35(3)30-44(31-36(46)4)54(41-24-13-7-14-25-41)42-26-15-8-16-27-42;1-33-29-43(53(39-17-9-5-10-18-39)40-19-11-6-12-20-40)30-34(2)45(33)51-47(49)37-25-27-38(28-26-37)48(50)52-46-35(3)31-44(32-36(46)4)54(41-21-13-7-14-22-41)42-23-15-8-16-24-42/h2*5-32H,1-4H3/q2*+2. The van der Waals surface area contributed by atoms with Gasteiger partial charge in [0.15, 0.2) is 58.7 Å². The third-order valence-corrected chi connectivity index (χ3v) is 26.8. The summed E-state index contributed by atoms with van der Waals surface area (Å²) in [6.07, 6.45) is 0. The van der Waals surface area contributed by atoms with Crippen LogP contribution >= 0.6 is 0 Å². The molecule has 0 saturated carbocycles. The Morgan fingerprint density at radius 1 is 0.176 bits per heavy atom. The Hall–Kier alpha value is -11.6. The highest BCUT2D eigenvalue weighted by molar-refractivity contribution is 7.98. The van der Waals surface area contributed by atoms with Crippen molar-refractivity contribution in [3.8, 4) is 23.0 Å². The van der Waals surface area contributed by atoms with Crippen molar-refractivity contribution in [1.29, 1.82) is 0 Å². The van der Waals surface area contributed by atoms with Gasteiger partial charge in [0.05, 0.1) is 65.8 Å². The molecule has 0 bridgehead atoms. The van der Waals surface area contributed by atoms with Gasteiger partial charge in [0.2, 0.25) is 0 Å². The van der Waals surface area contributed by atoms with Crippen molar-refractivity contribution in [2.24, 2.45) is 0 Å². The first-order chi connectivity index (χ1) is 52.5. The van der Waals surface area contributed by atoms with E-state index in [-0.39, 0.29) is 54.7 Å². The summed E-state index contributed by atoms with van der Waals surface area (Å²) < 4.78 is 24.0. The molecule has 0 aliphatic rings. The molecule has 0 spiro atoms. The zero-order valence-electron chi connectivity index (χ0n) is 61.2. The van der Waals surface area contributed by atoms with Crippen molar-refractivity contribution in [2.75, 3.05) is 0 Å². The molecule has 0 fully saturated rings. The van der Waals surface area contributed by atoms with Crippen LogP contribution in [0.4, 0.5) is 0 Å². The lowest BCUT2D eigenvalue weighted by molar-refractivity contribution is 0.0718. The predicted molar refractivity (Wildman–Crippen MR) is 437 cm³/mol. The van der Waals surface area contributed by atoms with Crippen LogP contribution in [0.2, 0.25) is 0 Å². The molecule has 14 rings (SSSR count). The van der Waals surface area contributed by atoms with Crippen LogP contribution in [-0.4, -0.2) is 23.9 Å². The highest BCUT2D eigenvalue weighted by atomic mass is 32.2. The molecule has 0 amide bonds. The number of ether oxygens (including phenoxy) is 4. The van der Waals surface area contributed by atoms with Crippen LogP contribution < -0.4 is 18.9 Å². The minimum atomic E-state index is -0.542. The summed E-state index contributed by atoms with van der Waals surface area (Å²) >= 11 is 0. The number of esters is 4. The second kappa shape index (κ2) is 34.7. The van der Waals surface area contributed by atoms with Crippen molar-refractivity contribution in [1.82, 2.24) is 0 Å². The Morgan fingerprint density at radius 3 is 0.500 bits per heavy atom. The molecule has 14 aromatic rings. The van der Waals surface area contributed by atoms with E-state index in [0.29, 0.717) is 34.1 Å². The van der Waals surface area contributed by atoms with Crippen molar-refractivity contribution in [3.63, 3.8) is 0 Å². The Morgan fingerprint density at radius 2 is 0.333 bits per heavy atom. The smallest absolute Gasteiger partial charge is 0.343 e. The Bertz CT molecular complexity index is 4910. The van der Waals surface area contributed by atoms with E-state index >= 15 is 0 Å². The first-order valence-electron chi connectivity index (χ1n) is 35.4. The fraction of sp³-hybridized carbons (Fsp3) is 0.0833. The van der Waals surface area contributed by atoms with Crippen molar-refractivity contribution in [3.05, 3.63) is 406 Å². The van der Waals surface area contributed by atoms with Crippen LogP contribution in [0.1, 0.15) is 85.9 Å². The van der Waals surface area contributed by atoms with E-state index in [2.05, 4.69) is 243 Å². The Labute approximate surface area is 644 Å². The van der Waals surface area contributed by atoms with Crippen LogP contribution in [0, 0.1) is 55.4 Å². The minimum absolute atomic E-state index is 0.263. The molecule has 0 heterocycles. The van der Waals surface area contributed by atoms with Gasteiger partial charge >= 0.3 is 23.9 Å². The number of hydrogen-bond acceptors (Lipinski definition) is 8. The maximum Gasteiger partial charge on any atom is 0.343 e. The topological polar surface area (TPSA) is 105 Å². The fourth-order valence-electron chi connectivity index (χ4n) is 13.0. The zero-order valence-corrected chi connectivity index (χ0v) is 64.5. The lowest BCUT2D eigenvalue weighted by Crippen LogP contribution is -2.15. The predicted octanol–water partition coefficient (Wildman–Crippen LogP) is 23.1.